The third kappa shape index (κ3) is 5.76. The number of hydrogen-bond acceptors (Lipinski definition) is 3. The van der Waals surface area contributed by atoms with Crippen molar-refractivity contribution in [2.24, 2.45) is 5.41 Å². The Morgan fingerprint density at radius 1 is 1.08 bits per heavy atom. The van der Waals surface area contributed by atoms with Crippen LogP contribution in [0.5, 0.6) is 0 Å². The summed E-state index contributed by atoms with van der Waals surface area (Å²) in [5, 5.41) is 10.9. The minimum absolute atomic E-state index is 0.201. The van der Waals surface area contributed by atoms with Gasteiger partial charge in [0.1, 0.15) is 0 Å². The van der Waals surface area contributed by atoms with Crippen LogP contribution >= 0.6 is 23.2 Å². The Morgan fingerprint density at radius 3 is 2.43 bits per heavy atom. The molecular weight excluding hydrogens is 511 g/mol. The number of carbonyl (C=O) groups is 2. The number of aromatic nitrogens is 1. The summed E-state index contributed by atoms with van der Waals surface area (Å²) in [6, 6.07) is 17.7. The van der Waals surface area contributed by atoms with Gasteiger partial charge in [0, 0.05) is 33.8 Å². The van der Waals surface area contributed by atoms with E-state index < -0.39 is 17.4 Å². The van der Waals surface area contributed by atoms with Crippen LogP contribution in [0.2, 0.25) is 10.0 Å². The van der Waals surface area contributed by atoms with E-state index in [0.717, 1.165) is 11.1 Å². The lowest BCUT2D eigenvalue weighted by Crippen LogP contribution is -2.56. The third-order valence-electron chi connectivity index (χ3n) is 7.35. The number of piperidine rings is 1. The van der Waals surface area contributed by atoms with E-state index in [1.807, 2.05) is 42.2 Å². The van der Waals surface area contributed by atoms with Gasteiger partial charge < -0.3 is 15.0 Å². The van der Waals surface area contributed by atoms with Gasteiger partial charge in [0.05, 0.1) is 17.9 Å². The Morgan fingerprint density at radius 2 is 1.81 bits per heavy atom. The molecule has 1 aromatic heterocycles. The van der Waals surface area contributed by atoms with Gasteiger partial charge in [-0.2, -0.15) is 0 Å². The summed E-state index contributed by atoms with van der Waals surface area (Å²) >= 11 is 12.6. The Bertz CT molecular complexity index is 1340. The van der Waals surface area contributed by atoms with Crippen molar-refractivity contribution in [1.29, 1.82) is 0 Å². The molecule has 6 nitrogen and oxygen atoms in total. The van der Waals surface area contributed by atoms with Gasteiger partial charge in [-0.3, -0.25) is 14.4 Å². The van der Waals surface area contributed by atoms with Crippen molar-refractivity contribution in [1.82, 2.24) is 9.88 Å². The van der Waals surface area contributed by atoms with E-state index in [9.17, 15) is 19.5 Å². The van der Waals surface area contributed by atoms with Crippen LogP contribution in [0.4, 0.5) is 0 Å². The van der Waals surface area contributed by atoms with Gasteiger partial charge >= 0.3 is 5.97 Å². The first-order valence-electron chi connectivity index (χ1n) is 12.3. The highest BCUT2D eigenvalue weighted by Gasteiger charge is 2.52. The largest absolute Gasteiger partial charge is 0.481 e. The van der Waals surface area contributed by atoms with Gasteiger partial charge in [-0.05, 0) is 60.7 Å². The predicted molar refractivity (Wildman–Crippen MR) is 145 cm³/mol. The van der Waals surface area contributed by atoms with Crippen LogP contribution < -0.4 is 5.56 Å². The van der Waals surface area contributed by atoms with Gasteiger partial charge in [-0.25, -0.2) is 0 Å². The number of carboxylic acids is 1. The summed E-state index contributed by atoms with van der Waals surface area (Å²) in [6.07, 6.45) is 2.54. The van der Waals surface area contributed by atoms with Gasteiger partial charge in [-0.1, -0.05) is 67.4 Å². The summed E-state index contributed by atoms with van der Waals surface area (Å²) < 4.78 is 0. The molecule has 8 heteroatoms. The number of pyridine rings is 1. The minimum Gasteiger partial charge on any atom is -0.481 e. The van der Waals surface area contributed by atoms with Crippen LogP contribution in [0.15, 0.2) is 71.7 Å². The molecule has 1 amide bonds. The number of aromatic amines is 1. The topological polar surface area (TPSA) is 90.5 Å². The molecule has 3 aromatic rings. The van der Waals surface area contributed by atoms with Crippen LogP contribution in [-0.4, -0.2) is 32.9 Å². The van der Waals surface area contributed by atoms with E-state index in [4.69, 9.17) is 23.2 Å². The highest BCUT2D eigenvalue weighted by Crippen LogP contribution is 2.52. The molecule has 1 fully saturated rings. The van der Waals surface area contributed by atoms with Gasteiger partial charge in [-0.15, -0.1) is 0 Å². The van der Waals surface area contributed by atoms with E-state index in [1.165, 1.54) is 0 Å². The third-order valence-corrected chi connectivity index (χ3v) is 7.84. The lowest BCUT2D eigenvalue weighted by Gasteiger charge is -2.52. The van der Waals surface area contributed by atoms with Gasteiger partial charge in [0.2, 0.25) is 5.91 Å². The second kappa shape index (κ2) is 11.1. The van der Waals surface area contributed by atoms with Crippen molar-refractivity contribution in [3.8, 4) is 0 Å². The molecule has 1 saturated heterocycles. The molecule has 1 aliphatic heterocycles. The van der Waals surface area contributed by atoms with Crippen molar-refractivity contribution in [3.63, 3.8) is 0 Å². The number of likely N-dealkylation sites (tertiary alicyclic amines) is 1. The Balaban J connectivity index is 1.91. The molecule has 194 valence electrons. The van der Waals surface area contributed by atoms with Crippen molar-refractivity contribution >= 4 is 35.1 Å². The number of benzene rings is 2. The van der Waals surface area contributed by atoms with Crippen molar-refractivity contribution in [2.75, 3.05) is 0 Å². The number of amides is 1. The summed E-state index contributed by atoms with van der Waals surface area (Å²) in [4.78, 5) is 43.3. The molecule has 4 rings (SSSR count). The number of carbonyl (C=O) groups excluding carboxylic acids is 1. The number of nitrogens with one attached hydrogen (secondary N) is 1. The zero-order valence-corrected chi connectivity index (χ0v) is 22.3. The molecule has 0 aliphatic carbocycles. The van der Waals surface area contributed by atoms with Gasteiger partial charge in [0.15, 0.2) is 0 Å². The summed E-state index contributed by atoms with van der Waals surface area (Å²) in [6.45, 7) is 3.71. The molecule has 4 unspecified atom stereocenters. The zero-order chi connectivity index (χ0) is 26.7. The van der Waals surface area contributed by atoms with E-state index in [1.54, 1.807) is 43.5 Å². The number of nitrogens with zero attached hydrogens (tertiary/aromatic N) is 1. The quantitative estimate of drug-likeness (QED) is 0.353. The number of carboxylic acid groups (broad SMARTS) is 1. The maximum atomic E-state index is 14.3. The Labute approximate surface area is 226 Å². The lowest BCUT2D eigenvalue weighted by molar-refractivity contribution is -0.160. The molecule has 4 atom stereocenters. The fourth-order valence-electron chi connectivity index (χ4n) is 5.59. The molecular formula is C29H30Cl2N2O4. The second-order valence-corrected chi connectivity index (χ2v) is 10.9. The van der Waals surface area contributed by atoms with E-state index >= 15 is 0 Å². The highest BCUT2D eigenvalue weighted by molar-refractivity contribution is 6.30. The molecule has 2 heterocycles. The molecule has 0 bridgehead atoms. The SMILES string of the molecule is CCC(Cc1ccc[nH]c1=O)N1C(=O)C(C)(CC(=O)O)CC(c2cccc(Cl)c2)C1c1ccc(Cl)cc1. The number of aliphatic carboxylic acids is 1. The predicted octanol–water partition coefficient (Wildman–Crippen LogP) is 6.24. The number of halogens is 2. The minimum atomic E-state index is -1.14. The molecule has 1 aliphatic rings. The molecule has 2 aromatic carbocycles. The van der Waals surface area contributed by atoms with E-state index in [-0.39, 0.29) is 29.8 Å². The van der Waals surface area contributed by atoms with Crippen molar-refractivity contribution < 1.29 is 14.7 Å². The summed E-state index contributed by atoms with van der Waals surface area (Å²) in [5.74, 6) is -1.49. The Hall–Kier alpha value is -3.09. The van der Waals surface area contributed by atoms with Crippen molar-refractivity contribution in [3.05, 3.63) is 104 Å². The zero-order valence-electron chi connectivity index (χ0n) is 20.8. The van der Waals surface area contributed by atoms with E-state index in [2.05, 4.69) is 4.98 Å². The number of rotatable bonds is 8. The van der Waals surface area contributed by atoms with Crippen LogP contribution in [0.25, 0.3) is 0 Å². The molecule has 0 radical (unpaired) electrons. The molecule has 0 saturated carbocycles. The smallest absolute Gasteiger partial charge is 0.304 e. The van der Waals surface area contributed by atoms with Crippen LogP contribution in [-0.2, 0) is 16.0 Å². The van der Waals surface area contributed by atoms with Crippen LogP contribution in [0.1, 0.15) is 61.8 Å². The monoisotopic (exact) mass is 540 g/mol. The van der Waals surface area contributed by atoms with Gasteiger partial charge in [0.25, 0.3) is 5.56 Å². The second-order valence-electron chi connectivity index (χ2n) is 10.00. The fraction of sp³-hybridized carbons (Fsp3) is 0.345. The van der Waals surface area contributed by atoms with Crippen LogP contribution in [0.3, 0.4) is 0 Å². The molecule has 37 heavy (non-hydrogen) atoms. The first-order valence-corrected chi connectivity index (χ1v) is 13.1. The average Bonchev–Trinajstić information content (AvgIpc) is 2.85. The first kappa shape index (κ1) is 27.0. The number of H-pyrrole nitrogens is 1. The number of hydrogen-bond donors (Lipinski definition) is 2. The summed E-state index contributed by atoms with van der Waals surface area (Å²) in [7, 11) is 0. The van der Waals surface area contributed by atoms with E-state index in [0.29, 0.717) is 34.9 Å². The maximum Gasteiger partial charge on any atom is 0.304 e. The molecule has 0 spiro atoms. The summed E-state index contributed by atoms with van der Waals surface area (Å²) in [5.41, 5.74) is 1.04. The van der Waals surface area contributed by atoms with Crippen molar-refractivity contribution in [2.45, 2.75) is 57.5 Å². The fourth-order valence-corrected chi connectivity index (χ4v) is 5.92. The maximum absolute atomic E-state index is 14.3. The average molecular weight is 541 g/mol. The normalized spacial score (nSPS) is 22.6. The Kier molecular flexibility index (Phi) is 8.10. The lowest BCUT2D eigenvalue weighted by atomic mass is 9.67. The molecule has 2 N–H and O–H groups in total. The first-order chi connectivity index (χ1) is 17.6. The standard InChI is InChI=1S/C29H30Cl2N2O4/c1-3-23(15-20-7-5-13-32-27(20)36)33-26(18-9-11-21(30)12-10-18)24(19-6-4-8-22(31)14-19)16-29(2,28(33)37)17-25(34)35/h4-14,23-24,26H,3,15-17H2,1-2H3,(H,32,36)(H,34,35). The highest BCUT2D eigenvalue weighted by atomic mass is 35.5. The van der Waals surface area contributed by atoms with Crippen LogP contribution in [0, 0.1) is 5.41 Å².